The van der Waals surface area contributed by atoms with E-state index >= 15 is 0 Å². The molecule has 0 amide bonds. The van der Waals surface area contributed by atoms with Gasteiger partial charge in [0.25, 0.3) is 5.78 Å². The van der Waals surface area contributed by atoms with Gasteiger partial charge in [-0.15, -0.1) is 0 Å². The Morgan fingerprint density at radius 3 is 2.54 bits per heavy atom. The van der Waals surface area contributed by atoms with Gasteiger partial charge in [-0.2, -0.15) is 0 Å². The number of carbonyl (C=O) groups excluding carboxylic acids is 1. The molecule has 0 unspecified atom stereocenters. The topological polar surface area (TPSA) is 20.5 Å². The SMILES string of the molecule is CC(C)(C)C1=C2CCc3ccc4ccccc4c3C2=[O+][B-](F)(F)O1. The number of hydrogen-bond acceptors (Lipinski definition) is 1. The Balaban J connectivity index is 2.05. The van der Waals surface area contributed by atoms with Crippen LogP contribution in [0.2, 0.25) is 0 Å². The summed E-state index contributed by atoms with van der Waals surface area (Å²) in [4.78, 5) is 0. The number of hydrogen-bond donors (Lipinski definition) is 0. The molecule has 2 aromatic rings. The van der Waals surface area contributed by atoms with Gasteiger partial charge in [0.2, 0.25) is 0 Å². The smallest absolute Gasteiger partial charge is 0.572 e. The Kier molecular flexibility index (Phi) is 3.15. The summed E-state index contributed by atoms with van der Waals surface area (Å²) in [5.41, 5.74) is 2.12. The van der Waals surface area contributed by atoms with Gasteiger partial charge < -0.3 is 17.6 Å². The van der Waals surface area contributed by atoms with Crippen molar-refractivity contribution >= 4 is 23.7 Å². The van der Waals surface area contributed by atoms with Crippen molar-refractivity contribution < 1.29 is 17.6 Å². The van der Waals surface area contributed by atoms with Crippen LogP contribution in [-0.4, -0.2) is 12.9 Å². The van der Waals surface area contributed by atoms with Crippen LogP contribution in [0.5, 0.6) is 0 Å². The molecule has 2 aromatic carbocycles. The van der Waals surface area contributed by atoms with E-state index in [0.717, 1.165) is 33.9 Å². The molecule has 5 heteroatoms. The molecule has 0 N–H and O–H groups in total. The summed E-state index contributed by atoms with van der Waals surface area (Å²) >= 11 is 0. The van der Waals surface area contributed by atoms with E-state index in [4.69, 9.17) is 9.00 Å². The Bertz CT molecular complexity index is 907. The highest BCUT2D eigenvalue weighted by Gasteiger charge is 2.57. The molecule has 0 aromatic heterocycles. The molecule has 24 heavy (non-hydrogen) atoms. The first-order chi connectivity index (χ1) is 11.3. The van der Waals surface area contributed by atoms with E-state index in [0.29, 0.717) is 18.0 Å². The Morgan fingerprint density at radius 2 is 1.79 bits per heavy atom. The molecular formula is C19H19BF2O2. The van der Waals surface area contributed by atoms with Crippen LogP contribution in [-0.2, 0) is 11.1 Å². The molecular weight excluding hydrogens is 309 g/mol. The zero-order valence-electron chi connectivity index (χ0n) is 14.0. The molecule has 0 atom stereocenters. The van der Waals surface area contributed by atoms with Crippen LogP contribution in [0.1, 0.15) is 42.7 Å². The van der Waals surface area contributed by atoms with Crippen LogP contribution in [0.3, 0.4) is 0 Å². The fraction of sp³-hybridized carbons (Fsp3) is 0.316. The number of halogens is 2. The fourth-order valence-corrected chi connectivity index (χ4v) is 3.66. The van der Waals surface area contributed by atoms with Crippen LogP contribution in [0.4, 0.5) is 8.63 Å². The third-order valence-electron chi connectivity index (χ3n) is 4.63. The van der Waals surface area contributed by atoms with E-state index in [1.807, 2.05) is 57.2 Å². The third-order valence-corrected chi connectivity index (χ3v) is 4.63. The van der Waals surface area contributed by atoms with Crippen molar-refractivity contribution in [1.29, 1.82) is 0 Å². The maximum atomic E-state index is 14.2. The number of ketones is 1. The van der Waals surface area contributed by atoms with Gasteiger partial charge >= 0.3 is 7.11 Å². The number of fused-ring (bicyclic) bond motifs is 5. The normalized spacial score (nSPS) is 19.5. The summed E-state index contributed by atoms with van der Waals surface area (Å²) in [6.07, 6.45) is 1.45. The van der Waals surface area contributed by atoms with Crippen molar-refractivity contribution in [3.8, 4) is 0 Å². The molecule has 1 heterocycles. The summed E-state index contributed by atoms with van der Waals surface area (Å²) in [7, 11) is -4.36. The van der Waals surface area contributed by atoms with Crippen molar-refractivity contribution in [2.75, 3.05) is 0 Å². The van der Waals surface area contributed by atoms with Gasteiger partial charge in [0.05, 0.1) is 16.9 Å². The van der Waals surface area contributed by atoms with Crippen molar-refractivity contribution in [1.82, 2.24) is 0 Å². The molecule has 0 bridgehead atoms. The molecule has 0 fully saturated rings. The summed E-state index contributed by atoms with van der Waals surface area (Å²) in [5, 5.41) is 1.97. The van der Waals surface area contributed by atoms with Crippen molar-refractivity contribution in [3.63, 3.8) is 0 Å². The van der Waals surface area contributed by atoms with Crippen LogP contribution in [0, 0.1) is 5.41 Å². The summed E-state index contributed by atoms with van der Waals surface area (Å²) < 4.78 is 38.5. The summed E-state index contributed by atoms with van der Waals surface area (Å²) in [6.45, 7) is 5.68. The van der Waals surface area contributed by atoms with Crippen LogP contribution in [0.15, 0.2) is 47.7 Å². The average molecular weight is 328 g/mol. The molecule has 0 saturated carbocycles. The standard InChI is InChI=1S/C19H19BF2O2/c1-19(2,3)18-15-11-10-13-9-8-12-6-4-5-7-14(12)16(13)17(15)23-20(21,22)24-18/h4-9H,10-11H2,1-3H3. The molecule has 2 aliphatic rings. The van der Waals surface area contributed by atoms with Gasteiger partial charge in [-0.3, -0.25) is 0 Å². The number of allylic oxidation sites excluding steroid dienone is 2. The molecule has 124 valence electrons. The minimum atomic E-state index is -4.36. The van der Waals surface area contributed by atoms with Gasteiger partial charge in [-0.05, 0) is 29.2 Å². The first kappa shape index (κ1) is 15.4. The molecule has 4 rings (SSSR count). The van der Waals surface area contributed by atoms with Gasteiger partial charge in [0.1, 0.15) is 0 Å². The zero-order valence-corrected chi connectivity index (χ0v) is 14.0. The Morgan fingerprint density at radius 1 is 1.04 bits per heavy atom. The predicted molar refractivity (Wildman–Crippen MR) is 92.1 cm³/mol. The summed E-state index contributed by atoms with van der Waals surface area (Å²) in [6, 6.07) is 11.9. The second-order valence-electron chi connectivity index (χ2n) is 7.48. The van der Waals surface area contributed by atoms with Crippen LogP contribution < -0.4 is 0 Å². The molecule has 0 spiro atoms. The molecule has 0 saturated heterocycles. The van der Waals surface area contributed by atoms with Gasteiger partial charge in [-0.1, -0.05) is 57.2 Å². The number of aryl methyl sites for hydroxylation is 1. The maximum absolute atomic E-state index is 14.2. The second kappa shape index (κ2) is 4.92. The monoisotopic (exact) mass is 328 g/mol. The van der Waals surface area contributed by atoms with E-state index in [1.165, 1.54) is 0 Å². The largest absolute Gasteiger partial charge is 0.994 e. The van der Waals surface area contributed by atoms with E-state index in [2.05, 4.69) is 0 Å². The van der Waals surface area contributed by atoms with Gasteiger partial charge in [-0.25, -0.2) is 0 Å². The predicted octanol–water partition coefficient (Wildman–Crippen LogP) is 5.21. The molecule has 2 nitrogen and oxygen atoms in total. The highest BCUT2D eigenvalue weighted by molar-refractivity contribution is 6.52. The molecule has 0 radical (unpaired) electrons. The maximum Gasteiger partial charge on any atom is 0.994 e. The van der Waals surface area contributed by atoms with E-state index in [-0.39, 0.29) is 0 Å². The van der Waals surface area contributed by atoms with Crippen molar-refractivity contribution in [2.24, 2.45) is 5.41 Å². The van der Waals surface area contributed by atoms with Crippen molar-refractivity contribution in [3.05, 3.63) is 58.9 Å². The Hall–Kier alpha value is -2.17. The van der Waals surface area contributed by atoms with E-state index in [9.17, 15) is 8.63 Å². The number of benzene rings is 2. The van der Waals surface area contributed by atoms with Gasteiger partial charge in [0.15, 0.2) is 0 Å². The van der Waals surface area contributed by atoms with Gasteiger partial charge in [0, 0.05) is 5.41 Å². The Labute approximate surface area is 139 Å². The zero-order chi connectivity index (χ0) is 17.1. The highest BCUT2D eigenvalue weighted by Crippen LogP contribution is 2.42. The minimum Gasteiger partial charge on any atom is -0.572 e. The molecule has 1 aliphatic heterocycles. The second-order valence-corrected chi connectivity index (χ2v) is 7.48. The average Bonchev–Trinajstić information content (AvgIpc) is 2.51. The first-order valence-electron chi connectivity index (χ1n) is 8.26. The minimum absolute atomic E-state index is 0.300. The van der Waals surface area contributed by atoms with Crippen LogP contribution >= 0.6 is 0 Å². The fourth-order valence-electron chi connectivity index (χ4n) is 3.66. The number of rotatable bonds is 0. The lowest BCUT2D eigenvalue weighted by Crippen LogP contribution is -2.39. The van der Waals surface area contributed by atoms with E-state index < -0.39 is 12.5 Å². The third kappa shape index (κ3) is 2.34. The van der Waals surface area contributed by atoms with E-state index in [1.54, 1.807) is 0 Å². The summed E-state index contributed by atoms with van der Waals surface area (Å²) in [5.74, 6) is 0.654. The quantitative estimate of drug-likeness (QED) is 0.480. The molecule has 1 aliphatic carbocycles. The first-order valence-corrected chi connectivity index (χ1v) is 8.26. The highest BCUT2D eigenvalue weighted by atomic mass is 19.3. The lowest BCUT2D eigenvalue weighted by Gasteiger charge is -2.34. The lowest BCUT2D eigenvalue weighted by molar-refractivity contribution is -0.193. The van der Waals surface area contributed by atoms with Crippen LogP contribution in [0.25, 0.3) is 10.8 Å². The lowest BCUT2D eigenvalue weighted by atomic mass is 9.78. The van der Waals surface area contributed by atoms with Crippen molar-refractivity contribution in [2.45, 2.75) is 33.6 Å².